The van der Waals surface area contributed by atoms with E-state index in [0.717, 1.165) is 18.9 Å². The fraction of sp³-hybridized carbons (Fsp3) is 0.333. The Morgan fingerprint density at radius 1 is 1.29 bits per heavy atom. The number of hydrogen-bond donors (Lipinski definition) is 0. The fourth-order valence-corrected chi connectivity index (χ4v) is 1.66. The van der Waals surface area contributed by atoms with Crippen molar-refractivity contribution in [3.05, 3.63) is 35.4 Å². The smallest absolute Gasteiger partial charge is 0.127 e. The molecular formula is C12H15NO. The average Bonchev–Trinajstić information content (AvgIpc) is 2.17. The van der Waals surface area contributed by atoms with Crippen molar-refractivity contribution in [1.29, 1.82) is 0 Å². The van der Waals surface area contributed by atoms with Crippen molar-refractivity contribution in [2.75, 3.05) is 27.2 Å². The number of hydrogen-bond acceptors (Lipinski definition) is 2. The summed E-state index contributed by atoms with van der Waals surface area (Å²) in [6.45, 7) is 1.68. The van der Waals surface area contributed by atoms with E-state index >= 15 is 0 Å². The number of likely N-dealkylation sites (N-methyl/N-ethyl adjacent to an activating group) is 1. The quantitative estimate of drug-likeness (QED) is 0.705. The summed E-state index contributed by atoms with van der Waals surface area (Å²) in [5.74, 6) is 0.995. The number of benzene rings is 1. The fourth-order valence-electron chi connectivity index (χ4n) is 1.66. The third kappa shape index (κ3) is 1.96. The van der Waals surface area contributed by atoms with Crippen LogP contribution >= 0.6 is 0 Å². The zero-order valence-electron chi connectivity index (χ0n) is 8.66. The summed E-state index contributed by atoms with van der Waals surface area (Å²) in [4.78, 5) is 2.16. The van der Waals surface area contributed by atoms with Crippen LogP contribution in [-0.4, -0.2) is 32.1 Å². The highest BCUT2D eigenvalue weighted by Crippen LogP contribution is 2.25. The Balaban J connectivity index is 2.22. The summed E-state index contributed by atoms with van der Waals surface area (Å²) in [6, 6.07) is 8.14. The van der Waals surface area contributed by atoms with E-state index in [1.165, 1.54) is 11.1 Å². The number of rotatable bonds is 2. The molecule has 0 aliphatic carbocycles. The lowest BCUT2D eigenvalue weighted by molar-refractivity contribution is 0.327. The van der Waals surface area contributed by atoms with E-state index in [1.807, 2.05) is 18.2 Å². The van der Waals surface area contributed by atoms with Gasteiger partial charge in [-0.2, -0.15) is 0 Å². The van der Waals surface area contributed by atoms with E-state index in [2.05, 4.69) is 31.1 Å². The van der Waals surface area contributed by atoms with Crippen LogP contribution < -0.4 is 4.74 Å². The van der Waals surface area contributed by atoms with E-state index in [1.54, 1.807) is 0 Å². The van der Waals surface area contributed by atoms with Crippen LogP contribution in [0.15, 0.2) is 29.8 Å². The first-order chi connectivity index (χ1) is 6.75. The van der Waals surface area contributed by atoms with Gasteiger partial charge in [-0.05, 0) is 31.8 Å². The maximum Gasteiger partial charge on any atom is 0.127 e. The number of para-hydroxylation sites is 1. The maximum atomic E-state index is 5.64. The van der Waals surface area contributed by atoms with Crippen molar-refractivity contribution >= 4 is 6.08 Å². The number of nitrogens with zero attached hydrogens (tertiary/aromatic N) is 1. The second-order valence-electron chi connectivity index (χ2n) is 3.87. The summed E-state index contributed by atoms with van der Waals surface area (Å²) in [6.07, 6.45) is 2.22. The third-order valence-electron chi connectivity index (χ3n) is 2.21. The molecule has 0 N–H and O–H groups in total. The van der Waals surface area contributed by atoms with Gasteiger partial charge in [0.25, 0.3) is 0 Å². The second-order valence-corrected chi connectivity index (χ2v) is 3.87. The first-order valence-corrected chi connectivity index (χ1v) is 4.82. The molecule has 0 aromatic heterocycles. The summed E-state index contributed by atoms with van der Waals surface area (Å²) < 4.78 is 5.64. The minimum absolute atomic E-state index is 0.717. The molecule has 0 radical (unpaired) electrons. The van der Waals surface area contributed by atoms with Crippen molar-refractivity contribution in [3.63, 3.8) is 0 Å². The molecule has 2 rings (SSSR count). The van der Waals surface area contributed by atoms with Crippen LogP contribution in [0.1, 0.15) is 5.56 Å². The summed E-state index contributed by atoms with van der Waals surface area (Å²) in [5, 5.41) is 0. The molecule has 1 aromatic rings. The van der Waals surface area contributed by atoms with Crippen LogP contribution in [0.3, 0.4) is 0 Å². The van der Waals surface area contributed by atoms with Crippen molar-refractivity contribution in [2.45, 2.75) is 0 Å². The van der Waals surface area contributed by atoms with E-state index < -0.39 is 0 Å². The van der Waals surface area contributed by atoms with E-state index in [0.29, 0.717) is 0 Å². The molecule has 1 aliphatic heterocycles. The second kappa shape index (κ2) is 3.84. The Bertz CT molecular complexity index is 355. The largest absolute Gasteiger partial charge is 0.489 e. The molecule has 0 fully saturated rings. The SMILES string of the molecule is CN(C)CC1=Cc2ccccc2OC1. The van der Waals surface area contributed by atoms with Gasteiger partial charge >= 0.3 is 0 Å². The zero-order chi connectivity index (χ0) is 9.97. The minimum atomic E-state index is 0.717. The van der Waals surface area contributed by atoms with E-state index in [-0.39, 0.29) is 0 Å². The first kappa shape index (κ1) is 9.28. The summed E-state index contributed by atoms with van der Waals surface area (Å²) >= 11 is 0. The minimum Gasteiger partial charge on any atom is -0.489 e. The van der Waals surface area contributed by atoms with Gasteiger partial charge in [0.05, 0.1) is 0 Å². The highest BCUT2D eigenvalue weighted by molar-refractivity contribution is 5.62. The predicted molar refractivity (Wildman–Crippen MR) is 58.5 cm³/mol. The molecule has 2 heteroatoms. The highest BCUT2D eigenvalue weighted by atomic mass is 16.5. The molecule has 2 nitrogen and oxygen atoms in total. The van der Waals surface area contributed by atoms with Crippen LogP contribution in [0.25, 0.3) is 6.08 Å². The van der Waals surface area contributed by atoms with Gasteiger partial charge in [0.15, 0.2) is 0 Å². The monoisotopic (exact) mass is 189 g/mol. The Labute approximate surface area is 84.8 Å². The van der Waals surface area contributed by atoms with Gasteiger partial charge in [-0.15, -0.1) is 0 Å². The van der Waals surface area contributed by atoms with Crippen LogP contribution in [0, 0.1) is 0 Å². The Morgan fingerprint density at radius 3 is 2.86 bits per heavy atom. The lowest BCUT2D eigenvalue weighted by atomic mass is 10.1. The lowest BCUT2D eigenvalue weighted by Crippen LogP contribution is -2.20. The van der Waals surface area contributed by atoms with Crippen molar-refractivity contribution in [2.24, 2.45) is 0 Å². The molecule has 1 heterocycles. The Hall–Kier alpha value is -1.28. The maximum absolute atomic E-state index is 5.64. The van der Waals surface area contributed by atoms with Crippen molar-refractivity contribution in [3.8, 4) is 5.75 Å². The van der Waals surface area contributed by atoms with Gasteiger partial charge in [0.1, 0.15) is 12.4 Å². The van der Waals surface area contributed by atoms with E-state index in [9.17, 15) is 0 Å². The topological polar surface area (TPSA) is 12.5 Å². The van der Waals surface area contributed by atoms with Crippen molar-refractivity contribution in [1.82, 2.24) is 4.90 Å². The number of ether oxygens (including phenoxy) is 1. The zero-order valence-corrected chi connectivity index (χ0v) is 8.66. The predicted octanol–water partition coefficient (Wildman–Crippen LogP) is 2.02. The summed E-state index contributed by atoms with van der Waals surface area (Å²) in [5.41, 5.74) is 2.52. The van der Waals surface area contributed by atoms with Crippen LogP contribution in [-0.2, 0) is 0 Å². The molecule has 14 heavy (non-hydrogen) atoms. The molecule has 0 unspecified atom stereocenters. The Morgan fingerprint density at radius 2 is 2.07 bits per heavy atom. The molecule has 0 bridgehead atoms. The van der Waals surface area contributed by atoms with Gasteiger partial charge in [0.2, 0.25) is 0 Å². The van der Waals surface area contributed by atoms with Crippen LogP contribution in [0.2, 0.25) is 0 Å². The molecule has 0 saturated heterocycles. The van der Waals surface area contributed by atoms with Gasteiger partial charge < -0.3 is 9.64 Å². The molecule has 0 atom stereocenters. The normalized spacial score (nSPS) is 14.6. The molecule has 0 saturated carbocycles. The van der Waals surface area contributed by atoms with Gasteiger partial charge in [0, 0.05) is 12.1 Å². The summed E-state index contributed by atoms with van der Waals surface area (Å²) in [7, 11) is 4.14. The van der Waals surface area contributed by atoms with Crippen molar-refractivity contribution < 1.29 is 4.74 Å². The lowest BCUT2D eigenvalue weighted by Gasteiger charge is -2.20. The van der Waals surface area contributed by atoms with Gasteiger partial charge in [-0.3, -0.25) is 0 Å². The number of fused-ring (bicyclic) bond motifs is 1. The molecular weight excluding hydrogens is 174 g/mol. The molecule has 0 amide bonds. The average molecular weight is 189 g/mol. The Kier molecular flexibility index (Phi) is 2.55. The highest BCUT2D eigenvalue weighted by Gasteiger charge is 2.10. The van der Waals surface area contributed by atoms with E-state index in [4.69, 9.17) is 4.74 Å². The molecule has 74 valence electrons. The van der Waals surface area contributed by atoms with Gasteiger partial charge in [-0.1, -0.05) is 18.2 Å². The molecule has 0 spiro atoms. The van der Waals surface area contributed by atoms with Gasteiger partial charge in [-0.25, -0.2) is 0 Å². The standard InChI is InChI=1S/C12H15NO/c1-13(2)8-10-7-11-5-3-4-6-12(11)14-9-10/h3-7H,8-9H2,1-2H3. The third-order valence-corrected chi connectivity index (χ3v) is 2.21. The molecule has 1 aromatic carbocycles. The van der Waals surface area contributed by atoms with Crippen LogP contribution in [0.4, 0.5) is 0 Å². The molecule has 1 aliphatic rings. The van der Waals surface area contributed by atoms with Crippen LogP contribution in [0.5, 0.6) is 5.75 Å². The first-order valence-electron chi connectivity index (χ1n) is 4.82.